The van der Waals surface area contributed by atoms with E-state index in [1.165, 1.54) is 0 Å². The number of carbonyl (C=O) groups excluding carboxylic acids is 1. The first-order chi connectivity index (χ1) is 8.75. The highest BCUT2D eigenvalue weighted by Crippen LogP contribution is 2.35. The summed E-state index contributed by atoms with van der Waals surface area (Å²) in [7, 11) is 0. The Labute approximate surface area is 106 Å². The molecule has 4 nitrogen and oxygen atoms in total. The summed E-state index contributed by atoms with van der Waals surface area (Å²) in [4.78, 5) is 14.2. The lowest BCUT2D eigenvalue weighted by atomic mass is 9.92. The summed E-state index contributed by atoms with van der Waals surface area (Å²) in [5.41, 5.74) is 0.982. The fourth-order valence-corrected chi connectivity index (χ4v) is 2.76. The van der Waals surface area contributed by atoms with Crippen molar-refractivity contribution < 1.29 is 14.6 Å². The van der Waals surface area contributed by atoms with Crippen molar-refractivity contribution in [2.75, 3.05) is 19.7 Å². The van der Waals surface area contributed by atoms with E-state index in [2.05, 4.69) is 0 Å². The van der Waals surface area contributed by atoms with Gasteiger partial charge >= 0.3 is 0 Å². The molecule has 2 aliphatic heterocycles. The molecule has 1 aromatic rings. The number of para-hydroxylation sites is 1. The van der Waals surface area contributed by atoms with Gasteiger partial charge in [0.05, 0.1) is 18.6 Å². The van der Waals surface area contributed by atoms with Gasteiger partial charge in [0.15, 0.2) is 0 Å². The molecule has 0 radical (unpaired) electrons. The van der Waals surface area contributed by atoms with Crippen LogP contribution < -0.4 is 4.74 Å². The normalized spacial score (nSPS) is 26.6. The summed E-state index contributed by atoms with van der Waals surface area (Å²) in [6, 6.07) is 7.73. The van der Waals surface area contributed by atoms with Gasteiger partial charge in [-0.2, -0.15) is 0 Å². The van der Waals surface area contributed by atoms with Gasteiger partial charge in [-0.3, -0.25) is 4.79 Å². The Morgan fingerprint density at radius 2 is 2.17 bits per heavy atom. The van der Waals surface area contributed by atoms with Crippen molar-refractivity contribution in [3.05, 3.63) is 29.8 Å². The van der Waals surface area contributed by atoms with Crippen molar-refractivity contribution >= 4 is 5.91 Å². The van der Waals surface area contributed by atoms with Gasteiger partial charge in [-0.15, -0.1) is 0 Å². The molecule has 1 unspecified atom stereocenters. The number of likely N-dealkylation sites (tertiary alicyclic amines) is 1. The lowest BCUT2D eigenvalue weighted by molar-refractivity contribution is -0.132. The number of rotatable bonds is 1. The van der Waals surface area contributed by atoms with Gasteiger partial charge in [0.1, 0.15) is 5.75 Å². The zero-order valence-corrected chi connectivity index (χ0v) is 10.2. The first-order valence-electron chi connectivity index (χ1n) is 6.44. The monoisotopic (exact) mass is 247 g/mol. The molecule has 1 amide bonds. The minimum atomic E-state index is -0.357. The number of amides is 1. The molecule has 2 heterocycles. The van der Waals surface area contributed by atoms with E-state index < -0.39 is 0 Å². The van der Waals surface area contributed by atoms with Crippen molar-refractivity contribution in [2.45, 2.75) is 24.9 Å². The van der Waals surface area contributed by atoms with Gasteiger partial charge in [0, 0.05) is 18.7 Å². The third-order valence-corrected chi connectivity index (χ3v) is 3.73. The Morgan fingerprint density at radius 3 is 2.94 bits per heavy atom. The van der Waals surface area contributed by atoms with E-state index in [1.54, 1.807) is 4.90 Å². The molecule has 0 saturated carbocycles. The third kappa shape index (κ3) is 1.97. The molecule has 18 heavy (non-hydrogen) atoms. The molecular weight excluding hydrogens is 230 g/mol. The second kappa shape index (κ2) is 4.61. The van der Waals surface area contributed by atoms with Gasteiger partial charge in [-0.05, 0) is 18.9 Å². The maximum Gasteiger partial charge on any atom is 0.230 e. The van der Waals surface area contributed by atoms with Crippen molar-refractivity contribution in [3.63, 3.8) is 0 Å². The molecule has 3 rings (SSSR count). The Morgan fingerprint density at radius 1 is 1.33 bits per heavy atom. The average molecular weight is 247 g/mol. The van der Waals surface area contributed by atoms with Gasteiger partial charge in [0.25, 0.3) is 0 Å². The SMILES string of the molecule is O=C(C1CCOc2ccccc21)N1CC[C@@H](O)C1. The quantitative estimate of drug-likeness (QED) is 0.809. The van der Waals surface area contributed by atoms with Crippen LogP contribution in [0.2, 0.25) is 0 Å². The largest absolute Gasteiger partial charge is 0.493 e. The Hall–Kier alpha value is -1.55. The molecule has 1 N–H and O–H groups in total. The number of aliphatic hydroxyl groups excluding tert-OH is 1. The first-order valence-corrected chi connectivity index (χ1v) is 6.44. The fourth-order valence-electron chi connectivity index (χ4n) is 2.76. The molecule has 1 aromatic carbocycles. The number of fused-ring (bicyclic) bond motifs is 1. The van der Waals surface area contributed by atoms with Crippen molar-refractivity contribution in [3.8, 4) is 5.75 Å². The highest BCUT2D eigenvalue weighted by molar-refractivity contribution is 5.85. The van der Waals surface area contributed by atoms with Crippen molar-refractivity contribution in [1.29, 1.82) is 0 Å². The molecular formula is C14H17NO3. The van der Waals surface area contributed by atoms with Gasteiger partial charge in [-0.1, -0.05) is 18.2 Å². The summed E-state index contributed by atoms with van der Waals surface area (Å²) in [5.74, 6) is 0.837. The minimum Gasteiger partial charge on any atom is -0.493 e. The van der Waals surface area contributed by atoms with Crippen LogP contribution in [0.25, 0.3) is 0 Å². The fraction of sp³-hybridized carbons (Fsp3) is 0.500. The zero-order valence-electron chi connectivity index (χ0n) is 10.2. The lowest BCUT2D eigenvalue weighted by Gasteiger charge is -2.28. The van der Waals surface area contributed by atoms with Crippen molar-refractivity contribution in [2.24, 2.45) is 0 Å². The number of hydrogen-bond donors (Lipinski definition) is 1. The molecule has 2 atom stereocenters. The molecule has 0 aromatic heterocycles. The number of aliphatic hydroxyl groups is 1. The van der Waals surface area contributed by atoms with E-state index in [4.69, 9.17) is 4.74 Å². The van der Waals surface area contributed by atoms with Crippen LogP contribution in [0, 0.1) is 0 Å². The van der Waals surface area contributed by atoms with E-state index in [9.17, 15) is 9.90 Å². The summed E-state index contributed by atoms with van der Waals surface area (Å²) in [5, 5.41) is 9.52. The Balaban J connectivity index is 1.83. The van der Waals surface area contributed by atoms with Crippen LogP contribution in [0.15, 0.2) is 24.3 Å². The molecule has 0 spiro atoms. The van der Waals surface area contributed by atoms with Gasteiger partial charge < -0.3 is 14.7 Å². The van der Waals surface area contributed by atoms with Crippen molar-refractivity contribution in [1.82, 2.24) is 4.90 Å². The molecule has 0 aliphatic carbocycles. The highest BCUT2D eigenvalue weighted by atomic mass is 16.5. The van der Waals surface area contributed by atoms with E-state index in [1.807, 2.05) is 24.3 Å². The van der Waals surface area contributed by atoms with Crippen LogP contribution in [0.3, 0.4) is 0 Å². The maximum absolute atomic E-state index is 12.5. The molecule has 2 aliphatic rings. The predicted molar refractivity (Wildman–Crippen MR) is 66.5 cm³/mol. The Bertz CT molecular complexity index is 460. The van der Waals surface area contributed by atoms with Crippen LogP contribution in [-0.2, 0) is 4.79 Å². The highest BCUT2D eigenvalue weighted by Gasteiger charge is 2.33. The number of hydrogen-bond acceptors (Lipinski definition) is 3. The summed E-state index contributed by atoms with van der Waals surface area (Å²) < 4.78 is 5.57. The van der Waals surface area contributed by atoms with E-state index >= 15 is 0 Å². The van der Waals surface area contributed by atoms with E-state index in [-0.39, 0.29) is 17.9 Å². The van der Waals surface area contributed by atoms with Crippen LogP contribution in [0.1, 0.15) is 24.3 Å². The smallest absolute Gasteiger partial charge is 0.230 e. The van der Waals surface area contributed by atoms with Crippen LogP contribution in [0.4, 0.5) is 0 Å². The van der Waals surface area contributed by atoms with Gasteiger partial charge in [-0.25, -0.2) is 0 Å². The maximum atomic E-state index is 12.5. The van der Waals surface area contributed by atoms with Crippen LogP contribution in [0.5, 0.6) is 5.75 Å². The molecule has 1 saturated heterocycles. The summed E-state index contributed by atoms with van der Waals surface area (Å²) in [6.07, 6.45) is 1.06. The average Bonchev–Trinajstić information content (AvgIpc) is 2.84. The van der Waals surface area contributed by atoms with Crippen LogP contribution >= 0.6 is 0 Å². The molecule has 1 fully saturated rings. The summed E-state index contributed by atoms with van der Waals surface area (Å²) >= 11 is 0. The molecule has 0 bridgehead atoms. The number of ether oxygens (including phenoxy) is 1. The summed E-state index contributed by atoms with van der Waals surface area (Å²) in [6.45, 7) is 1.72. The predicted octanol–water partition coefficient (Wildman–Crippen LogP) is 1.15. The number of β-amino-alcohol motifs (C(OH)–C–C–N with tert-alkyl or cyclic N) is 1. The first kappa shape index (κ1) is 11.5. The Kier molecular flexibility index (Phi) is 2.96. The second-order valence-corrected chi connectivity index (χ2v) is 4.95. The van der Waals surface area contributed by atoms with Gasteiger partial charge in [0.2, 0.25) is 5.91 Å². The number of benzene rings is 1. The van der Waals surface area contributed by atoms with E-state index in [0.29, 0.717) is 26.1 Å². The zero-order chi connectivity index (χ0) is 12.5. The third-order valence-electron chi connectivity index (χ3n) is 3.73. The second-order valence-electron chi connectivity index (χ2n) is 4.95. The van der Waals surface area contributed by atoms with E-state index in [0.717, 1.165) is 17.7 Å². The number of nitrogens with zero attached hydrogens (tertiary/aromatic N) is 1. The topological polar surface area (TPSA) is 49.8 Å². The minimum absolute atomic E-state index is 0.111. The molecule has 96 valence electrons. The standard InChI is InChI=1S/C14H17NO3/c16-10-5-7-15(9-10)14(17)12-6-8-18-13-4-2-1-3-11(12)13/h1-4,10,12,16H,5-9H2/t10-,12?/m1/s1. The molecule has 4 heteroatoms. The number of carbonyl (C=O) groups is 1. The lowest BCUT2D eigenvalue weighted by Crippen LogP contribution is -2.36. The van der Waals surface area contributed by atoms with Crippen LogP contribution in [-0.4, -0.2) is 41.7 Å².